The highest BCUT2D eigenvalue weighted by atomic mass is 16.7. The van der Waals surface area contributed by atoms with Crippen molar-refractivity contribution in [2.45, 2.75) is 103 Å². The zero-order valence-electron chi connectivity index (χ0n) is 23.8. The molecule has 11 atom stereocenters. The summed E-state index contributed by atoms with van der Waals surface area (Å²) in [6.45, 7) is 10.7. The molecule has 6 aliphatic rings. The van der Waals surface area contributed by atoms with E-state index < -0.39 is 0 Å². The molecule has 0 amide bonds. The van der Waals surface area contributed by atoms with Gasteiger partial charge < -0.3 is 14.2 Å². The number of carbonyl (C=O) groups excluding carboxylic acids is 1. The van der Waals surface area contributed by atoms with E-state index in [2.05, 4.69) is 33.8 Å². The number of benzene rings is 1. The molecule has 5 fully saturated rings. The summed E-state index contributed by atoms with van der Waals surface area (Å²) >= 11 is 0. The first kappa shape index (κ1) is 25.3. The number of fused-ring (bicyclic) bond motifs is 7. The minimum Gasteiger partial charge on any atom is -0.458 e. The molecule has 0 bridgehead atoms. The molecule has 2 saturated heterocycles. The topological polar surface area (TPSA) is 44.8 Å². The number of esters is 1. The first-order valence-electron chi connectivity index (χ1n) is 15.5. The molecule has 0 aromatic heterocycles. The van der Waals surface area contributed by atoms with Gasteiger partial charge in [-0.1, -0.05) is 57.5 Å². The van der Waals surface area contributed by atoms with Gasteiger partial charge in [0, 0.05) is 18.8 Å². The number of rotatable bonds is 2. The van der Waals surface area contributed by atoms with Crippen molar-refractivity contribution in [1.29, 1.82) is 0 Å². The maximum absolute atomic E-state index is 12.7. The van der Waals surface area contributed by atoms with Crippen molar-refractivity contribution >= 4 is 5.97 Å². The summed E-state index contributed by atoms with van der Waals surface area (Å²) in [6, 6.07) is 9.45. The predicted molar refractivity (Wildman–Crippen MR) is 147 cm³/mol. The fourth-order valence-electron chi connectivity index (χ4n) is 10.5. The first-order chi connectivity index (χ1) is 18.2. The maximum Gasteiger partial charge on any atom is 0.338 e. The van der Waals surface area contributed by atoms with Gasteiger partial charge in [-0.15, -0.1) is 0 Å². The Balaban J connectivity index is 1.08. The average Bonchev–Trinajstić information content (AvgIpc) is 3.36. The monoisotopic (exact) mass is 518 g/mol. The molecule has 1 aromatic rings. The molecule has 38 heavy (non-hydrogen) atoms. The number of carbonyl (C=O) groups is 1. The van der Waals surface area contributed by atoms with E-state index in [9.17, 15) is 4.79 Å². The summed E-state index contributed by atoms with van der Waals surface area (Å²) in [4.78, 5) is 12.7. The molecule has 1 spiro atoms. The minimum atomic E-state index is -0.326. The first-order valence-corrected chi connectivity index (χ1v) is 15.5. The van der Waals surface area contributed by atoms with Gasteiger partial charge in [0.15, 0.2) is 5.79 Å². The van der Waals surface area contributed by atoms with E-state index in [1.807, 2.05) is 30.3 Å². The number of ether oxygens (including phenoxy) is 3. The van der Waals surface area contributed by atoms with Crippen LogP contribution in [-0.2, 0) is 14.2 Å². The molecule has 2 aliphatic heterocycles. The summed E-state index contributed by atoms with van der Waals surface area (Å²) in [6.07, 6.45) is 13.3. The summed E-state index contributed by atoms with van der Waals surface area (Å²) in [7, 11) is 0. The van der Waals surface area contributed by atoms with Crippen molar-refractivity contribution in [3.63, 3.8) is 0 Å². The van der Waals surface area contributed by atoms with Crippen molar-refractivity contribution in [3.05, 3.63) is 47.5 Å². The summed E-state index contributed by atoms with van der Waals surface area (Å²) in [5, 5.41) is 0. The molecule has 0 unspecified atom stereocenters. The molecule has 206 valence electrons. The number of hydrogen-bond acceptors (Lipinski definition) is 4. The Labute approximate surface area is 228 Å². The van der Waals surface area contributed by atoms with Gasteiger partial charge in [0.1, 0.15) is 6.10 Å². The lowest BCUT2D eigenvalue weighted by molar-refractivity contribution is -0.272. The molecular weight excluding hydrogens is 472 g/mol. The molecule has 4 nitrogen and oxygen atoms in total. The Bertz CT molecular complexity index is 1100. The fraction of sp³-hybridized carbons (Fsp3) is 0.735. The highest BCUT2D eigenvalue weighted by molar-refractivity contribution is 5.89. The van der Waals surface area contributed by atoms with Gasteiger partial charge >= 0.3 is 5.97 Å². The Morgan fingerprint density at radius 3 is 2.58 bits per heavy atom. The minimum absolute atomic E-state index is 0.00178. The van der Waals surface area contributed by atoms with Gasteiger partial charge in [0.05, 0.1) is 18.3 Å². The van der Waals surface area contributed by atoms with Gasteiger partial charge in [0.25, 0.3) is 0 Å². The second-order valence-corrected chi connectivity index (χ2v) is 14.4. The lowest BCUT2D eigenvalue weighted by Crippen LogP contribution is -2.52. The Morgan fingerprint density at radius 1 is 1.00 bits per heavy atom. The third-order valence-electron chi connectivity index (χ3n) is 12.6. The highest BCUT2D eigenvalue weighted by Gasteiger charge is 2.68. The lowest BCUT2D eigenvalue weighted by Gasteiger charge is -2.58. The molecule has 4 heteroatoms. The maximum atomic E-state index is 12.7. The van der Waals surface area contributed by atoms with Crippen LogP contribution in [0.15, 0.2) is 42.0 Å². The predicted octanol–water partition coefficient (Wildman–Crippen LogP) is 7.58. The molecule has 2 heterocycles. The van der Waals surface area contributed by atoms with Crippen molar-refractivity contribution in [2.75, 3.05) is 6.61 Å². The van der Waals surface area contributed by atoms with Crippen molar-refractivity contribution < 1.29 is 19.0 Å². The number of hydrogen-bond donors (Lipinski definition) is 0. The molecular formula is C34H46O4. The van der Waals surface area contributed by atoms with E-state index in [0.29, 0.717) is 34.8 Å². The van der Waals surface area contributed by atoms with E-state index >= 15 is 0 Å². The van der Waals surface area contributed by atoms with Crippen LogP contribution in [0.25, 0.3) is 0 Å². The van der Waals surface area contributed by atoms with Gasteiger partial charge in [0.2, 0.25) is 0 Å². The largest absolute Gasteiger partial charge is 0.458 e. The second kappa shape index (κ2) is 8.93. The summed E-state index contributed by atoms with van der Waals surface area (Å²) in [5.41, 5.74) is 2.81. The van der Waals surface area contributed by atoms with E-state index in [4.69, 9.17) is 14.2 Å². The molecule has 7 rings (SSSR count). The Morgan fingerprint density at radius 2 is 1.82 bits per heavy atom. The SMILES string of the molecule is C[C@H]1CC[C@@]2(OC1)O[C@H]1C[C@H]3[C@@H]4CC=C5C[C@@H](OC(=O)c6ccccc6)CC[C@]5(C)[C@H]4CC[C@]3(C)[C@H]1[C@@H]2C. The quantitative estimate of drug-likeness (QED) is 0.299. The highest BCUT2D eigenvalue weighted by Crippen LogP contribution is 2.70. The third-order valence-corrected chi connectivity index (χ3v) is 12.6. The van der Waals surface area contributed by atoms with Crippen LogP contribution >= 0.6 is 0 Å². The van der Waals surface area contributed by atoms with Crippen molar-refractivity contribution in [1.82, 2.24) is 0 Å². The van der Waals surface area contributed by atoms with Crippen molar-refractivity contribution in [2.24, 2.45) is 46.3 Å². The molecule has 4 aliphatic carbocycles. The summed E-state index contributed by atoms with van der Waals surface area (Å²) in [5.74, 6) is 3.46. The van der Waals surface area contributed by atoms with E-state index in [1.54, 1.807) is 5.57 Å². The van der Waals surface area contributed by atoms with Crippen molar-refractivity contribution in [3.8, 4) is 0 Å². The van der Waals surface area contributed by atoms with Gasteiger partial charge in [-0.2, -0.15) is 0 Å². The van der Waals surface area contributed by atoms with Crippen LogP contribution in [-0.4, -0.2) is 30.6 Å². The molecule has 3 saturated carbocycles. The average molecular weight is 519 g/mol. The molecule has 0 N–H and O–H groups in total. The van der Waals surface area contributed by atoms with Gasteiger partial charge in [-0.05, 0) is 97.5 Å². The van der Waals surface area contributed by atoms with Crippen LogP contribution in [0.2, 0.25) is 0 Å². The molecule has 1 aromatic carbocycles. The molecule has 0 radical (unpaired) electrons. The van der Waals surface area contributed by atoms with Crippen LogP contribution < -0.4 is 0 Å². The van der Waals surface area contributed by atoms with Crippen LogP contribution in [0.5, 0.6) is 0 Å². The smallest absolute Gasteiger partial charge is 0.338 e. The van der Waals surface area contributed by atoms with Crippen LogP contribution in [0.3, 0.4) is 0 Å². The van der Waals surface area contributed by atoms with Crippen LogP contribution in [0.4, 0.5) is 0 Å². The van der Waals surface area contributed by atoms with E-state index in [0.717, 1.165) is 50.0 Å². The summed E-state index contributed by atoms with van der Waals surface area (Å²) < 4.78 is 19.5. The standard InChI is InChI=1S/C34H46O4/c1-21-12-17-34(36-20-21)22(2)30-29(38-34)19-28-26-11-10-24-18-25(37-31(35)23-8-6-5-7-9-23)13-15-32(24,3)27(26)14-16-33(28,30)4/h5-10,21-22,25-30H,11-20H2,1-4H3/t21-,22-,25-,26+,27-,28-,29-,30-,32-,33-,34+/m0/s1. The second-order valence-electron chi connectivity index (χ2n) is 14.4. The van der Waals surface area contributed by atoms with E-state index in [1.165, 1.54) is 32.1 Å². The zero-order chi connectivity index (χ0) is 26.3. The van der Waals surface area contributed by atoms with E-state index in [-0.39, 0.29) is 23.3 Å². The Kier molecular flexibility index (Phi) is 5.95. The van der Waals surface area contributed by atoms with Gasteiger partial charge in [-0.25, -0.2) is 4.79 Å². The normalized spacial score (nSPS) is 49.4. The van der Waals surface area contributed by atoms with Crippen LogP contribution in [0, 0.1) is 46.3 Å². The third kappa shape index (κ3) is 3.65. The lowest BCUT2D eigenvalue weighted by atomic mass is 9.47. The van der Waals surface area contributed by atoms with Gasteiger partial charge in [-0.3, -0.25) is 0 Å². The zero-order valence-corrected chi connectivity index (χ0v) is 23.8. The van der Waals surface area contributed by atoms with Crippen LogP contribution in [0.1, 0.15) is 95.8 Å². The Hall–Kier alpha value is -1.65. The number of allylic oxidation sites excluding steroid dienone is 1. The fourth-order valence-corrected chi connectivity index (χ4v) is 10.5.